The number of primary sulfonamides is 1. The number of piperazine rings is 1. The quantitative estimate of drug-likeness (QED) is 0.600. The number of rotatable bonds is 4. The first kappa shape index (κ1) is 19.1. The topological polar surface area (TPSA) is 105 Å². The highest BCUT2D eigenvalue weighted by Gasteiger charge is 2.18. The third-order valence-corrected chi connectivity index (χ3v) is 5.40. The third kappa shape index (κ3) is 4.95. The van der Waals surface area contributed by atoms with E-state index in [0.29, 0.717) is 12.5 Å². The van der Waals surface area contributed by atoms with E-state index in [1.54, 1.807) is 24.3 Å². The van der Waals surface area contributed by atoms with Crippen molar-refractivity contribution in [2.24, 2.45) is 15.9 Å². The van der Waals surface area contributed by atoms with E-state index in [0.717, 1.165) is 37.4 Å². The van der Waals surface area contributed by atoms with Crippen molar-refractivity contribution in [3.63, 3.8) is 0 Å². The molecule has 0 bridgehead atoms. The highest BCUT2D eigenvalue weighted by molar-refractivity contribution is 7.89. The summed E-state index contributed by atoms with van der Waals surface area (Å²) in [5.74, 6) is 0.204. The average molecular weight is 391 g/mol. The number of benzene rings is 2. The van der Waals surface area contributed by atoms with E-state index in [-0.39, 0.29) is 10.7 Å². The first-order chi connectivity index (χ1) is 12.8. The van der Waals surface area contributed by atoms with Crippen LogP contribution in [0.3, 0.4) is 0 Å². The number of nitrogens with two attached hydrogens (primary N) is 2. The van der Waals surface area contributed by atoms with Crippen molar-refractivity contribution >= 4 is 21.7 Å². The van der Waals surface area contributed by atoms with Crippen LogP contribution in [-0.4, -0.2) is 45.5 Å². The maximum Gasteiger partial charge on any atom is 0.238 e. The highest BCUT2D eigenvalue weighted by Crippen LogP contribution is 2.17. The van der Waals surface area contributed by atoms with Crippen LogP contribution in [0.25, 0.3) is 0 Å². The normalized spacial score (nSPS) is 15.9. The number of hydrogen-bond acceptors (Lipinski definition) is 4. The Hall–Kier alpha value is -2.65. The number of guanidine groups is 1. The lowest BCUT2D eigenvalue weighted by Gasteiger charge is -2.36. The average Bonchev–Trinajstić information content (AvgIpc) is 2.66. The molecular formula is C18H22FN5O2S. The lowest BCUT2D eigenvalue weighted by Crippen LogP contribution is -2.51. The summed E-state index contributed by atoms with van der Waals surface area (Å²) in [6.07, 6.45) is 0. The molecule has 1 aliphatic rings. The molecule has 27 heavy (non-hydrogen) atoms. The Kier molecular flexibility index (Phi) is 5.62. The summed E-state index contributed by atoms with van der Waals surface area (Å²) in [5, 5.41) is 5.08. The number of anilines is 1. The van der Waals surface area contributed by atoms with Crippen molar-refractivity contribution in [1.82, 2.24) is 4.90 Å². The van der Waals surface area contributed by atoms with Crippen LogP contribution in [0.1, 0.15) is 5.56 Å². The summed E-state index contributed by atoms with van der Waals surface area (Å²) in [6, 6.07) is 12.7. The van der Waals surface area contributed by atoms with E-state index >= 15 is 0 Å². The largest absolute Gasteiger partial charge is 0.370 e. The summed E-state index contributed by atoms with van der Waals surface area (Å²) >= 11 is 0. The highest BCUT2D eigenvalue weighted by atomic mass is 32.2. The minimum atomic E-state index is -3.69. The first-order valence-corrected chi connectivity index (χ1v) is 10.0. The van der Waals surface area contributed by atoms with E-state index < -0.39 is 10.0 Å². The molecule has 1 fully saturated rings. The monoisotopic (exact) mass is 391 g/mol. The maximum atomic E-state index is 13.0. The predicted molar refractivity (Wildman–Crippen MR) is 103 cm³/mol. The van der Waals surface area contributed by atoms with E-state index in [1.165, 1.54) is 24.3 Å². The van der Waals surface area contributed by atoms with Crippen LogP contribution in [0.4, 0.5) is 10.1 Å². The molecule has 2 aromatic rings. The summed E-state index contributed by atoms with van der Waals surface area (Å²) in [6.45, 7) is 3.33. The Labute approximate surface area is 158 Å². The van der Waals surface area contributed by atoms with Gasteiger partial charge in [0.1, 0.15) is 5.82 Å². The van der Waals surface area contributed by atoms with Crippen LogP contribution in [0.2, 0.25) is 0 Å². The Morgan fingerprint density at radius 3 is 2.15 bits per heavy atom. The Morgan fingerprint density at radius 1 is 1.00 bits per heavy atom. The fourth-order valence-electron chi connectivity index (χ4n) is 2.90. The second kappa shape index (κ2) is 7.93. The Bertz CT molecular complexity index is 906. The molecule has 2 aromatic carbocycles. The number of halogens is 1. The van der Waals surface area contributed by atoms with Gasteiger partial charge in [0.2, 0.25) is 10.0 Å². The zero-order valence-corrected chi connectivity index (χ0v) is 15.6. The molecule has 0 unspecified atom stereocenters. The van der Waals surface area contributed by atoms with Crippen LogP contribution in [-0.2, 0) is 16.6 Å². The lowest BCUT2D eigenvalue weighted by molar-refractivity contribution is 0.380. The SMILES string of the molecule is NC(=NCc1ccc(S(N)(=O)=O)cc1)N1CCN(c2ccc(F)cc2)CC1. The molecule has 144 valence electrons. The van der Waals surface area contributed by atoms with Gasteiger partial charge in [-0.25, -0.2) is 22.9 Å². The van der Waals surface area contributed by atoms with Crippen LogP contribution >= 0.6 is 0 Å². The van der Waals surface area contributed by atoms with Gasteiger partial charge in [-0.05, 0) is 42.0 Å². The van der Waals surface area contributed by atoms with E-state index in [4.69, 9.17) is 10.9 Å². The van der Waals surface area contributed by atoms with Gasteiger partial charge >= 0.3 is 0 Å². The molecule has 1 aliphatic heterocycles. The number of aliphatic imine (C=N–C) groups is 1. The second-order valence-electron chi connectivity index (χ2n) is 6.31. The lowest BCUT2D eigenvalue weighted by atomic mass is 10.2. The fourth-order valence-corrected chi connectivity index (χ4v) is 3.42. The molecule has 0 atom stereocenters. The summed E-state index contributed by atoms with van der Waals surface area (Å²) in [4.78, 5) is 8.63. The minimum Gasteiger partial charge on any atom is -0.370 e. The molecule has 0 saturated carbocycles. The van der Waals surface area contributed by atoms with E-state index in [1.807, 2.05) is 4.90 Å². The molecule has 0 aliphatic carbocycles. The van der Waals surface area contributed by atoms with Gasteiger partial charge < -0.3 is 15.5 Å². The van der Waals surface area contributed by atoms with Crippen LogP contribution in [0, 0.1) is 5.82 Å². The van der Waals surface area contributed by atoms with Gasteiger partial charge in [-0.2, -0.15) is 0 Å². The molecule has 1 saturated heterocycles. The van der Waals surface area contributed by atoms with Gasteiger partial charge in [0.25, 0.3) is 0 Å². The Morgan fingerprint density at radius 2 is 1.59 bits per heavy atom. The number of sulfonamides is 1. The molecule has 1 heterocycles. The van der Waals surface area contributed by atoms with Gasteiger partial charge in [-0.15, -0.1) is 0 Å². The van der Waals surface area contributed by atoms with Crippen LogP contribution in [0.5, 0.6) is 0 Å². The molecule has 0 spiro atoms. The molecule has 3 rings (SSSR count). The van der Waals surface area contributed by atoms with Crippen molar-refractivity contribution in [3.8, 4) is 0 Å². The number of hydrogen-bond donors (Lipinski definition) is 2. The Balaban J connectivity index is 1.55. The van der Waals surface area contributed by atoms with Crippen LogP contribution < -0.4 is 15.8 Å². The van der Waals surface area contributed by atoms with Crippen molar-refractivity contribution in [2.75, 3.05) is 31.1 Å². The third-order valence-electron chi connectivity index (χ3n) is 4.47. The van der Waals surface area contributed by atoms with E-state index in [2.05, 4.69) is 9.89 Å². The van der Waals surface area contributed by atoms with Gasteiger partial charge in [0.05, 0.1) is 11.4 Å². The fraction of sp³-hybridized carbons (Fsp3) is 0.278. The van der Waals surface area contributed by atoms with Gasteiger partial charge in [0.15, 0.2) is 5.96 Å². The van der Waals surface area contributed by atoms with Gasteiger partial charge in [-0.3, -0.25) is 0 Å². The van der Waals surface area contributed by atoms with Crippen LogP contribution in [0.15, 0.2) is 58.4 Å². The van der Waals surface area contributed by atoms with Crippen molar-refractivity contribution < 1.29 is 12.8 Å². The van der Waals surface area contributed by atoms with Gasteiger partial charge in [-0.1, -0.05) is 12.1 Å². The summed E-state index contributed by atoms with van der Waals surface area (Å²) in [7, 11) is -3.69. The molecule has 0 radical (unpaired) electrons. The maximum absolute atomic E-state index is 13.0. The zero-order chi connectivity index (χ0) is 19.4. The molecule has 9 heteroatoms. The van der Waals surface area contributed by atoms with Gasteiger partial charge in [0, 0.05) is 31.9 Å². The minimum absolute atomic E-state index is 0.0696. The molecular weight excluding hydrogens is 369 g/mol. The zero-order valence-electron chi connectivity index (χ0n) is 14.8. The molecule has 0 aromatic heterocycles. The summed E-state index contributed by atoms with van der Waals surface area (Å²) < 4.78 is 35.6. The standard InChI is InChI=1S/C18H22FN5O2S/c19-15-3-5-16(6-4-15)23-9-11-24(12-10-23)18(20)22-13-14-1-7-17(8-2-14)27(21,25)26/h1-8H,9-13H2,(H2,20,22)(H2,21,25,26). The first-order valence-electron chi connectivity index (χ1n) is 8.50. The summed E-state index contributed by atoms with van der Waals surface area (Å²) in [5.41, 5.74) is 7.92. The van der Waals surface area contributed by atoms with E-state index in [9.17, 15) is 12.8 Å². The van der Waals surface area contributed by atoms with Crippen molar-refractivity contribution in [1.29, 1.82) is 0 Å². The predicted octanol–water partition coefficient (Wildman–Crippen LogP) is 1.11. The number of nitrogens with zero attached hydrogens (tertiary/aromatic N) is 3. The van der Waals surface area contributed by atoms with Crippen molar-refractivity contribution in [3.05, 3.63) is 59.9 Å². The second-order valence-corrected chi connectivity index (χ2v) is 7.88. The smallest absolute Gasteiger partial charge is 0.238 e. The van der Waals surface area contributed by atoms with Crippen molar-refractivity contribution in [2.45, 2.75) is 11.4 Å². The molecule has 7 nitrogen and oxygen atoms in total. The molecule has 0 amide bonds. The molecule has 4 N–H and O–H groups in total.